The molecule has 0 saturated heterocycles. The van der Waals surface area contributed by atoms with Gasteiger partial charge in [0.1, 0.15) is 24.0 Å². The van der Waals surface area contributed by atoms with Gasteiger partial charge in [0.25, 0.3) is 5.91 Å². The van der Waals surface area contributed by atoms with E-state index in [1.807, 2.05) is 6.07 Å². The third-order valence-corrected chi connectivity index (χ3v) is 4.51. The summed E-state index contributed by atoms with van der Waals surface area (Å²) in [6.45, 7) is 0.259. The van der Waals surface area contributed by atoms with Crippen LogP contribution in [0.5, 0.6) is 5.75 Å². The van der Waals surface area contributed by atoms with E-state index in [0.717, 1.165) is 5.56 Å². The van der Waals surface area contributed by atoms with Crippen molar-refractivity contribution in [3.63, 3.8) is 0 Å². The number of benzene rings is 3. The summed E-state index contributed by atoms with van der Waals surface area (Å²) in [6, 6.07) is 21.6. The summed E-state index contributed by atoms with van der Waals surface area (Å²) >= 11 is 5.82. The summed E-state index contributed by atoms with van der Waals surface area (Å²) < 4.78 is 5.68. The average molecular weight is 432 g/mol. The second-order valence-corrected chi connectivity index (χ2v) is 6.91. The molecule has 0 aliphatic rings. The van der Waals surface area contributed by atoms with E-state index in [-0.39, 0.29) is 17.7 Å². The van der Waals surface area contributed by atoms with Crippen LogP contribution in [0.4, 0.5) is 5.69 Å². The highest BCUT2D eigenvalue weighted by atomic mass is 35.5. The van der Waals surface area contributed by atoms with Crippen molar-refractivity contribution in [2.45, 2.75) is 6.61 Å². The molecule has 6 nitrogen and oxygen atoms in total. The molecule has 0 aliphatic heterocycles. The molecule has 1 amide bonds. The summed E-state index contributed by atoms with van der Waals surface area (Å²) in [7, 11) is 0. The van der Waals surface area contributed by atoms with Gasteiger partial charge in [-0.1, -0.05) is 48.0 Å². The minimum absolute atomic E-state index is 0.0448. The fourth-order valence-corrected chi connectivity index (χ4v) is 2.74. The predicted octanol–water partition coefficient (Wildman–Crippen LogP) is 3.83. The number of halogens is 1. The van der Waals surface area contributed by atoms with Crippen molar-refractivity contribution in [1.82, 2.24) is 0 Å². The molecule has 0 bridgehead atoms. The number of rotatable bonds is 7. The minimum Gasteiger partial charge on any atom is -0.545 e. The second kappa shape index (κ2) is 10.1. The minimum atomic E-state index is -1.23. The van der Waals surface area contributed by atoms with Crippen molar-refractivity contribution in [3.05, 3.63) is 100 Å². The number of hydrogen-bond acceptors (Lipinski definition) is 5. The molecule has 0 unspecified atom stereocenters. The van der Waals surface area contributed by atoms with E-state index < -0.39 is 11.9 Å². The van der Waals surface area contributed by atoms with Gasteiger partial charge in [0.2, 0.25) is 0 Å². The van der Waals surface area contributed by atoms with E-state index >= 15 is 0 Å². The van der Waals surface area contributed by atoms with E-state index in [4.69, 9.17) is 16.3 Å². The lowest BCUT2D eigenvalue weighted by atomic mass is 10.1. The van der Waals surface area contributed by atoms with Crippen molar-refractivity contribution in [1.29, 1.82) is 5.26 Å². The van der Waals surface area contributed by atoms with Crippen LogP contribution in [-0.2, 0) is 11.4 Å². The Morgan fingerprint density at radius 2 is 1.65 bits per heavy atom. The molecule has 0 atom stereocenters. The molecule has 3 aromatic rings. The first-order chi connectivity index (χ1) is 14.9. The maximum Gasteiger partial charge on any atom is 0.266 e. The molecule has 0 spiro atoms. The first-order valence-electron chi connectivity index (χ1n) is 9.16. The van der Waals surface area contributed by atoms with Crippen LogP contribution in [0.1, 0.15) is 21.5 Å². The van der Waals surface area contributed by atoms with Gasteiger partial charge >= 0.3 is 0 Å². The van der Waals surface area contributed by atoms with E-state index in [0.29, 0.717) is 22.0 Å². The van der Waals surface area contributed by atoms with Gasteiger partial charge in [-0.25, -0.2) is 0 Å². The van der Waals surface area contributed by atoms with Gasteiger partial charge < -0.3 is 20.0 Å². The fraction of sp³-hybridized carbons (Fsp3) is 0.0417. The Morgan fingerprint density at radius 1 is 1.00 bits per heavy atom. The molecule has 0 aliphatic carbocycles. The van der Waals surface area contributed by atoms with Crippen molar-refractivity contribution < 1.29 is 19.4 Å². The lowest BCUT2D eigenvalue weighted by Crippen LogP contribution is -2.22. The Hall–Kier alpha value is -4.08. The number of anilines is 1. The van der Waals surface area contributed by atoms with E-state index in [2.05, 4.69) is 5.32 Å². The monoisotopic (exact) mass is 431 g/mol. The Kier molecular flexibility index (Phi) is 7.05. The van der Waals surface area contributed by atoms with Crippen LogP contribution in [0.2, 0.25) is 5.02 Å². The van der Waals surface area contributed by atoms with E-state index in [1.165, 1.54) is 18.2 Å². The molecule has 0 radical (unpaired) electrons. The Morgan fingerprint density at radius 3 is 2.23 bits per heavy atom. The van der Waals surface area contributed by atoms with Crippen LogP contribution in [-0.4, -0.2) is 11.9 Å². The number of ether oxygens (including phenoxy) is 1. The topological polar surface area (TPSA) is 102 Å². The van der Waals surface area contributed by atoms with Crippen molar-refractivity contribution in [2.75, 3.05) is 5.32 Å². The molecule has 0 saturated carbocycles. The van der Waals surface area contributed by atoms with Crippen LogP contribution in [0.15, 0.2) is 78.4 Å². The van der Waals surface area contributed by atoms with Gasteiger partial charge in [-0.2, -0.15) is 5.26 Å². The summed E-state index contributed by atoms with van der Waals surface area (Å²) in [5.41, 5.74) is 2.06. The number of carboxylic acid groups (broad SMARTS) is 1. The number of aromatic carboxylic acids is 1. The van der Waals surface area contributed by atoms with Gasteiger partial charge in [-0.15, -0.1) is 0 Å². The summed E-state index contributed by atoms with van der Waals surface area (Å²) in [5, 5.41) is 23.3. The van der Waals surface area contributed by atoms with Crippen molar-refractivity contribution in [3.8, 4) is 11.8 Å². The number of carboxylic acids is 1. The zero-order chi connectivity index (χ0) is 22.2. The molecule has 31 heavy (non-hydrogen) atoms. The van der Waals surface area contributed by atoms with Gasteiger partial charge in [0.05, 0.1) is 5.97 Å². The number of carbonyl (C=O) groups excluding carboxylic acids is 2. The maximum atomic E-state index is 12.3. The van der Waals surface area contributed by atoms with Crippen LogP contribution in [0.25, 0.3) is 6.08 Å². The zero-order valence-corrected chi connectivity index (χ0v) is 16.9. The molecule has 0 fully saturated rings. The van der Waals surface area contributed by atoms with Crippen LogP contribution in [0, 0.1) is 11.3 Å². The maximum absolute atomic E-state index is 12.3. The molecule has 154 valence electrons. The Bertz CT molecular complexity index is 1150. The number of nitrogens with one attached hydrogen (secondary N) is 1. The van der Waals surface area contributed by atoms with Crippen LogP contribution >= 0.6 is 11.6 Å². The number of nitriles is 1. The predicted molar refractivity (Wildman–Crippen MR) is 115 cm³/mol. The van der Waals surface area contributed by atoms with Crippen molar-refractivity contribution >= 4 is 35.2 Å². The Labute approximate surface area is 184 Å². The second-order valence-electron chi connectivity index (χ2n) is 6.47. The largest absolute Gasteiger partial charge is 0.545 e. The first kappa shape index (κ1) is 21.6. The van der Waals surface area contributed by atoms with Gasteiger partial charge in [0.15, 0.2) is 0 Å². The number of hydrogen-bond donors (Lipinski definition) is 1. The zero-order valence-electron chi connectivity index (χ0n) is 16.2. The molecule has 3 aromatic carbocycles. The molecule has 1 N–H and O–H groups in total. The number of nitrogens with zero attached hydrogens (tertiary/aromatic N) is 1. The van der Waals surface area contributed by atoms with Gasteiger partial charge in [0, 0.05) is 10.7 Å². The highest BCUT2D eigenvalue weighted by Crippen LogP contribution is 2.18. The first-order valence-corrected chi connectivity index (χ1v) is 9.54. The number of carbonyl (C=O) groups is 2. The third-order valence-electron chi connectivity index (χ3n) is 4.25. The van der Waals surface area contributed by atoms with Gasteiger partial charge in [-0.3, -0.25) is 4.79 Å². The molecule has 7 heteroatoms. The molecule has 0 heterocycles. The lowest BCUT2D eigenvalue weighted by Gasteiger charge is -2.08. The summed E-state index contributed by atoms with van der Waals surface area (Å²) in [5.74, 6) is -1.16. The third kappa shape index (κ3) is 6.20. The highest BCUT2D eigenvalue weighted by molar-refractivity contribution is 6.30. The molecule has 3 rings (SSSR count). The molecular formula is C24H16ClN2O4-. The van der Waals surface area contributed by atoms with Crippen LogP contribution in [0.3, 0.4) is 0 Å². The quantitative estimate of drug-likeness (QED) is 0.452. The highest BCUT2D eigenvalue weighted by Gasteiger charge is 2.09. The molecular weight excluding hydrogens is 416 g/mol. The smallest absolute Gasteiger partial charge is 0.266 e. The van der Waals surface area contributed by atoms with E-state index in [9.17, 15) is 20.0 Å². The average Bonchev–Trinajstić information content (AvgIpc) is 2.78. The normalized spacial score (nSPS) is 10.8. The SMILES string of the molecule is N#C/C(=C/c1ccc(OCc2ccc(C(=O)[O-])cc2)cc1)C(=O)Nc1ccc(Cl)cc1. The van der Waals surface area contributed by atoms with Crippen LogP contribution < -0.4 is 15.2 Å². The summed E-state index contributed by atoms with van der Waals surface area (Å²) in [4.78, 5) is 23.1. The summed E-state index contributed by atoms with van der Waals surface area (Å²) in [6.07, 6.45) is 1.48. The number of amides is 1. The Balaban J connectivity index is 1.61. The standard InChI is InChI=1S/C24H17ClN2O4/c25-20-7-9-21(10-8-20)27-23(28)19(14-26)13-16-3-11-22(12-4-16)31-15-17-1-5-18(6-2-17)24(29)30/h1-13H,15H2,(H,27,28)(H,29,30)/p-1/b19-13-. The van der Waals surface area contributed by atoms with E-state index in [1.54, 1.807) is 60.7 Å². The fourth-order valence-electron chi connectivity index (χ4n) is 2.61. The van der Waals surface area contributed by atoms with Crippen molar-refractivity contribution in [2.24, 2.45) is 0 Å². The lowest BCUT2D eigenvalue weighted by molar-refractivity contribution is -0.255. The molecule has 0 aromatic heterocycles. The van der Waals surface area contributed by atoms with Gasteiger partial charge in [-0.05, 0) is 59.2 Å².